The van der Waals surface area contributed by atoms with E-state index in [0.717, 1.165) is 19.4 Å². The lowest BCUT2D eigenvalue weighted by atomic mass is 9.59. The standard InChI is InChI=1S/C19H33NO3/c1-12(2)9-15-14-10-13-11-19(14,6-8-23-15)17(18(13,3)4)20-16(22)5-7-21/h12-15,17,21H,5-11H2,1-4H3,(H,20,22)/t13-,14-,15-,17+,19-/m1/s1. The quantitative estimate of drug-likeness (QED) is 0.818. The van der Waals surface area contributed by atoms with Gasteiger partial charge in [-0.15, -0.1) is 0 Å². The van der Waals surface area contributed by atoms with E-state index >= 15 is 0 Å². The number of carbonyl (C=O) groups excluding carboxylic acids is 1. The topological polar surface area (TPSA) is 58.6 Å². The van der Waals surface area contributed by atoms with Crippen molar-refractivity contribution in [2.45, 2.75) is 71.9 Å². The molecule has 2 aliphatic carbocycles. The number of nitrogens with one attached hydrogen (secondary N) is 1. The van der Waals surface area contributed by atoms with Gasteiger partial charge in [0.15, 0.2) is 0 Å². The van der Waals surface area contributed by atoms with Gasteiger partial charge in [0, 0.05) is 19.1 Å². The second kappa shape index (κ2) is 6.03. The van der Waals surface area contributed by atoms with Gasteiger partial charge in [-0.2, -0.15) is 0 Å². The van der Waals surface area contributed by atoms with Crippen molar-refractivity contribution in [3.8, 4) is 0 Å². The SMILES string of the molecule is CC(C)C[C@H]1OCC[C@@]23C[C@@H](C[C@H]12)C(C)(C)[C@@H]3NC(=O)CCO. The molecule has 0 unspecified atom stereocenters. The van der Waals surface area contributed by atoms with Gasteiger partial charge in [0.2, 0.25) is 5.91 Å². The van der Waals surface area contributed by atoms with Crippen molar-refractivity contribution in [3.63, 3.8) is 0 Å². The van der Waals surface area contributed by atoms with Crippen molar-refractivity contribution in [1.82, 2.24) is 5.32 Å². The van der Waals surface area contributed by atoms with Gasteiger partial charge in [-0.25, -0.2) is 0 Å². The Labute approximate surface area is 140 Å². The summed E-state index contributed by atoms with van der Waals surface area (Å²) >= 11 is 0. The molecule has 23 heavy (non-hydrogen) atoms. The molecule has 0 aromatic rings. The monoisotopic (exact) mass is 323 g/mol. The molecule has 1 spiro atoms. The molecule has 3 fully saturated rings. The molecule has 1 amide bonds. The van der Waals surface area contributed by atoms with E-state index in [4.69, 9.17) is 9.84 Å². The van der Waals surface area contributed by atoms with E-state index in [-0.39, 0.29) is 35.8 Å². The third kappa shape index (κ3) is 2.72. The van der Waals surface area contributed by atoms with Crippen LogP contribution in [0.25, 0.3) is 0 Å². The van der Waals surface area contributed by atoms with Gasteiger partial charge in [0.25, 0.3) is 0 Å². The Morgan fingerprint density at radius 3 is 2.78 bits per heavy atom. The number of hydrogen-bond acceptors (Lipinski definition) is 3. The molecule has 2 saturated carbocycles. The summed E-state index contributed by atoms with van der Waals surface area (Å²) in [5, 5.41) is 12.4. The Morgan fingerprint density at radius 2 is 2.13 bits per heavy atom. The minimum atomic E-state index is -0.0715. The molecule has 0 radical (unpaired) electrons. The summed E-state index contributed by atoms with van der Waals surface area (Å²) < 4.78 is 6.17. The van der Waals surface area contributed by atoms with Gasteiger partial charge in [0.1, 0.15) is 0 Å². The first-order valence-electron chi connectivity index (χ1n) is 9.33. The van der Waals surface area contributed by atoms with E-state index in [2.05, 4.69) is 33.0 Å². The molecule has 2 N–H and O–H groups in total. The molecule has 0 aromatic carbocycles. The van der Waals surface area contributed by atoms with Crippen molar-refractivity contribution >= 4 is 5.91 Å². The highest BCUT2D eigenvalue weighted by Crippen LogP contribution is 2.68. The molecule has 132 valence electrons. The molecule has 3 rings (SSSR count). The van der Waals surface area contributed by atoms with Crippen molar-refractivity contribution in [1.29, 1.82) is 0 Å². The smallest absolute Gasteiger partial charge is 0.222 e. The zero-order valence-electron chi connectivity index (χ0n) is 15.1. The summed E-state index contributed by atoms with van der Waals surface area (Å²) in [5.74, 6) is 1.89. The van der Waals surface area contributed by atoms with Crippen LogP contribution in [-0.2, 0) is 9.53 Å². The average molecular weight is 323 g/mol. The van der Waals surface area contributed by atoms with Gasteiger partial charge in [-0.3, -0.25) is 4.79 Å². The van der Waals surface area contributed by atoms with Gasteiger partial charge in [-0.1, -0.05) is 27.7 Å². The van der Waals surface area contributed by atoms with E-state index in [1.165, 1.54) is 12.8 Å². The Bertz CT molecular complexity index is 462. The number of ether oxygens (including phenoxy) is 1. The summed E-state index contributed by atoms with van der Waals surface area (Å²) in [7, 11) is 0. The van der Waals surface area contributed by atoms with Crippen LogP contribution < -0.4 is 5.32 Å². The maximum absolute atomic E-state index is 12.2. The lowest BCUT2D eigenvalue weighted by molar-refractivity contribution is -0.139. The first kappa shape index (κ1) is 17.2. The summed E-state index contributed by atoms with van der Waals surface area (Å²) in [5.41, 5.74) is 0.346. The Balaban J connectivity index is 1.85. The molecule has 4 heteroatoms. The number of amides is 1. The van der Waals surface area contributed by atoms with Crippen LogP contribution in [0.1, 0.15) is 59.8 Å². The Hall–Kier alpha value is -0.610. The van der Waals surface area contributed by atoms with Crippen LogP contribution in [0.5, 0.6) is 0 Å². The average Bonchev–Trinajstić information content (AvgIpc) is 2.93. The molecular weight excluding hydrogens is 290 g/mol. The molecule has 2 bridgehead atoms. The zero-order chi connectivity index (χ0) is 16.8. The van der Waals surface area contributed by atoms with Crippen LogP contribution in [0.15, 0.2) is 0 Å². The van der Waals surface area contributed by atoms with E-state index in [0.29, 0.717) is 23.9 Å². The van der Waals surface area contributed by atoms with Crippen LogP contribution in [0, 0.1) is 28.6 Å². The first-order chi connectivity index (χ1) is 10.8. The summed E-state index contributed by atoms with van der Waals surface area (Å²) in [6, 6.07) is 0.219. The Morgan fingerprint density at radius 1 is 1.39 bits per heavy atom. The maximum Gasteiger partial charge on any atom is 0.222 e. The van der Waals surface area contributed by atoms with Gasteiger partial charge < -0.3 is 15.2 Å². The highest BCUT2D eigenvalue weighted by atomic mass is 16.5. The predicted molar refractivity (Wildman–Crippen MR) is 89.9 cm³/mol. The van der Waals surface area contributed by atoms with Crippen molar-refractivity contribution < 1.29 is 14.6 Å². The summed E-state index contributed by atoms with van der Waals surface area (Å²) in [6.07, 6.45) is 5.22. The van der Waals surface area contributed by atoms with Crippen molar-refractivity contribution in [3.05, 3.63) is 0 Å². The minimum Gasteiger partial charge on any atom is -0.396 e. The first-order valence-corrected chi connectivity index (χ1v) is 9.33. The molecule has 5 atom stereocenters. The molecule has 1 aliphatic heterocycles. The predicted octanol–water partition coefficient (Wildman–Crippen LogP) is 2.74. The van der Waals surface area contributed by atoms with Gasteiger partial charge in [-0.05, 0) is 54.3 Å². The molecule has 1 saturated heterocycles. The van der Waals surface area contributed by atoms with Crippen LogP contribution in [0.4, 0.5) is 0 Å². The molecule has 4 nitrogen and oxygen atoms in total. The van der Waals surface area contributed by atoms with Crippen LogP contribution in [0.3, 0.4) is 0 Å². The number of aliphatic hydroxyl groups excluding tert-OH is 1. The van der Waals surface area contributed by atoms with Gasteiger partial charge in [0.05, 0.1) is 12.7 Å². The van der Waals surface area contributed by atoms with E-state index in [9.17, 15) is 4.79 Å². The second-order valence-corrected chi connectivity index (χ2v) is 9.06. The minimum absolute atomic E-state index is 0.00171. The second-order valence-electron chi connectivity index (χ2n) is 9.06. The number of fused-ring (bicyclic) bond motifs is 1. The largest absolute Gasteiger partial charge is 0.396 e. The zero-order valence-corrected chi connectivity index (χ0v) is 15.1. The molecule has 3 aliphatic rings. The summed E-state index contributed by atoms with van der Waals surface area (Å²) in [4.78, 5) is 12.2. The fourth-order valence-corrected chi connectivity index (χ4v) is 5.94. The fraction of sp³-hybridized carbons (Fsp3) is 0.947. The highest BCUT2D eigenvalue weighted by Gasteiger charge is 2.68. The highest BCUT2D eigenvalue weighted by molar-refractivity contribution is 5.76. The van der Waals surface area contributed by atoms with Crippen LogP contribution >= 0.6 is 0 Å². The molecule has 1 heterocycles. The van der Waals surface area contributed by atoms with Crippen LogP contribution in [0.2, 0.25) is 0 Å². The van der Waals surface area contributed by atoms with E-state index < -0.39 is 0 Å². The number of rotatable bonds is 5. The third-order valence-electron chi connectivity index (χ3n) is 6.97. The maximum atomic E-state index is 12.2. The fourth-order valence-electron chi connectivity index (χ4n) is 5.94. The lowest BCUT2D eigenvalue weighted by Gasteiger charge is -2.53. The number of aliphatic hydroxyl groups is 1. The van der Waals surface area contributed by atoms with E-state index in [1.54, 1.807) is 0 Å². The number of hydrogen-bond donors (Lipinski definition) is 2. The van der Waals surface area contributed by atoms with Crippen molar-refractivity contribution in [2.24, 2.45) is 28.6 Å². The van der Waals surface area contributed by atoms with Crippen molar-refractivity contribution in [2.75, 3.05) is 13.2 Å². The lowest BCUT2D eigenvalue weighted by Crippen LogP contribution is -2.60. The van der Waals surface area contributed by atoms with E-state index in [1.807, 2.05) is 0 Å². The normalized spacial score (nSPS) is 41.1. The Kier molecular flexibility index (Phi) is 4.52. The third-order valence-corrected chi connectivity index (χ3v) is 6.97. The summed E-state index contributed by atoms with van der Waals surface area (Å²) in [6.45, 7) is 9.92. The molecule has 0 aromatic heterocycles. The van der Waals surface area contributed by atoms with Gasteiger partial charge >= 0.3 is 0 Å². The van der Waals surface area contributed by atoms with Crippen LogP contribution in [-0.4, -0.2) is 36.4 Å². The molecular formula is C19H33NO3. The number of carbonyl (C=O) groups is 1.